The van der Waals surface area contributed by atoms with E-state index in [0.717, 1.165) is 29.1 Å². The van der Waals surface area contributed by atoms with Gasteiger partial charge in [0.25, 0.3) is 0 Å². The number of thiazole rings is 1. The molecule has 1 aromatic heterocycles. The van der Waals surface area contributed by atoms with Crippen LogP contribution in [-0.2, 0) is 6.54 Å². The van der Waals surface area contributed by atoms with Crippen molar-refractivity contribution in [3.05, 3.63) is 40.9 Å². The molecule has 1 heterocycles. The van der Waals surface area contributed by atoms with E-state index in [1.54, 1.807) is 11.3 Å². The Hall–Kier alpha value is -1.88. The van der Waals surface area contributed by atoms with Crippen LogP contribution in [0.1, 0.15) is 30.8 Å². The van der Waals surface area contributed by atoms with Crippen LogP contribution in [0, 0.1) is 12.8 Å². The number of aryl methyl sites for hydroxylation is 1. The van der Waals surface area contributed by atoms with Crippen molar-refractivity contribution in [1.29, 1.82) is 0 Å². The Labute approximate surface area is 142 Å². The lowest BCUT2D eigenvalue weighted by molar-refractivity contribution is 0.767. The van der Waals surface area contributed by atoms with Gasteiger partial charge in [-0.15, -0.1) is 11.3 Å². The van der Waals surface area contributed by atoms with E-state index in [9.17, 15) is 0 Å². The first-order valence-corrected chi connectivity index (χ1v) is 9.05. The molecule has 0 aliphatic heterocycles. The summed E-state index contributed by atoms with van der Waals surface area (Å²) in [6, 6.07) is 10.9. The maximum Gasteiger partial charge on any atom is 0.191 e. The molecule has 0 saturated heterocycles. The molecule has 3 rings (SSSR count). The number of hydrogen-bond acceptors (Lipinski definition) is 3. The summed E-state index contributed by atoms with van der Waals surface area (Å²) in [5, 5.41) is 7.89. The van der Waals surface area contributed by atoms with Gasteiger partial charge in [0.15, 0.2) is 5.96 Å². The molecule has 4 nitrogen and oxygen atoms in total. The highest BCUT2D eigenvalue weighted by atomic mass is 32.1. The van der Waals surface area contributed by atoms with Gasteiger partial charge >= 0.3 is 0 Å². The Morgan fingerprint density at radius 3 is 2.74 bits per heavy atom. The fraction of sp³-hybridized carbons (Fsp3) is 0.444. The van der Waals surface area contributed by atoms with Crippen molar-refractivity contribution in [2.45, 2.75) is 39.8 Å². The summed E-state index contributed by atoms with van der Waals surface area (Å²) in [5.41, 5.74) is 2.25. The summed E-state index contributed by atoms with van der Waals surface area (Å²) in [5.74, 6) is 1.67. The van der Waals surface area contributed by atoms with Crippen LogP contribution in [0.15, 0.2) is 35.3 Å². The highest BCUT2D eigenvalue weighted by Crippen LogP contribution is 2.29. The molecule has 1 aromatic carbocycles. The Bertz CT molecular complexity index is 678. The number of nitrogens with zero attached hydrogens (tertiary/aromatic N) is 2. The van der Waals surface area contributed by atoms with Crippen LogP contribution in [0.3, 0.4) is 0 Å². The third-order valence-electron chi connectivity index (χ3n) is 4.07. The van der Waals surface area contributed by atoms with Crippen LogP contribution in [0.25, 0.3) is 10.6 Å². The molecule has 2 unspecified atom stereocenters. The molecular weight excluding hydrogens is 304 g/mol. The number of rotatable bonds is 5. The second-order valence-electron chi connectivity index (χ2n) is 6.05. The predicted octanol–water partition coefficient (Wildman–Crippen LogP) is 3.58. The summed E-state index contributed by atoms with van der Waals surface area (Å²) in [6.45, 7) is 7.98. The fourth-order valence-electron chi connectivity index (χ4n) is 2.45. The lowest BCUT2D eigenvalue weighted by Crippen LogP contribution is -2.39. The van der Waals surface area contributed by atoms with E-state index >= 15 is 0 Å². The number of nitrogens with one attached hydrogen (secondary N) is 2. The maximum atomic E-state index is 4.73. The first-order valence-electron chi connectivity index (χ1n) is 8.24. The van der Waals surface area contributed by atoms with Gasteiger partial charge in [0, 0.05) is 23.0 Å². The number of aromatic nitrogens is 1. The van der Waals surface area contributed by atoms with Gasteiger partial charge in [0.2, 0.25) is 0 Å². The van der Waals surface area contributed by atoms with E-state index in [1.807, 2.05) is 18.2 Å². The molecule has 0 bridgehead atoms. The van der Waals surface area contributed by atoms with E-state index in [2.05, 4.69) is 43.5 Å². The van der Waals surface area contributed by atoms with Crippen molar-refractivity contribution in [1.82, 2.24) is 15.6 Å². The first-order chi connectivity index (χ1) is 11.2. The molecule has 23 heavy (non-hydrogen) atoms. The van der Waals surface area contributed by atoms with Crippen LogP contribution in [0.2, 0.25) is 0 Å². The second kappa shape index (κ2) is 7.13. The van der Waals surface area contributed by atoms with E-state index in [-0.39, 0.29) is 0 Å². The van der Waals surface area contributed by atoms with E-state index < -0.39 is 0 Å². The third kappa shape index (κ3) is 4.10. The second-order valence-corrected chi connectivity index (χ2v) is 7.14. The van der Waals surface area contributed by atoms with Crippen LogP contribution in [0.5, 0.6) is 0 Å². The average Bonchev–Trinajstić information content (AvgIpc) is 3.11. The van der Waals surface area contributed by atoms with Crippen molar-refractivity contribution in [3.63, 3.8) is 0 Å². The average molecular weight is 328 g/mol. The van der Waals surface area contributed by atoms with E-state index in [1.165, 1.54) is 16.9 Å². The molecule has 122 valence electrons. The molecule has 1 fully saturated rings. The zero-order valence-corrected chi connectivity index (χ0v) is 14.8. The van der Waals surface area contributed by atoms with Gasteiger partial charge in [0.1, 0.15) is 5.01 Å². The summed E-state index contributed by atoms with van der Waals surface area (Å²) < 4.78 is 0. The minimum Gasteiger partial charge on any atom is -0.357 e. The Balaban J connectivity index is 1.71. The van der Waals surface area contributed by atoms with Crippen molar-refractivity contribution in [2.24, 2.45) is 10.9 Å². The maximum absolute atomic E-state index is 4.73. The SMILES string of the molecule is CCNC(=NCc1sc(-c2ccccc2)nc1C)NC1CC1C. The minimum absolute atomic E-state index is 0.579. The summed E-state index contributed by atoms with van der Waals surface area (Å²) in [7, 11) is 0. The summed E-state index contributed by atoms with van der Waals surface area (Å²) >= 11 is 1.73. The normalized spacial score (nSPS) is 20.4. The molecule has 0 radical (unpaired) electrons. The molecule has 2 atom stereocenters. The Morgan fingerprint density at radius 2 is 2.09 bits per heavy atom. The lowest BCUT2D eigenvalue weighted by Gasteiger charge is -2.10. The monoisotopic (exact) mass is 328 g/mol. The van der Waals surface area contributed by atoms with Crippen molar-refractivity contribution < 1.29 is 0 Å². The van der Waals surface area contributed by atoms with Gasteiger partial charge in [-0.1, -0.05) is 37.3 Å². The van der Waals surface area contributed by atoms with Gasteiger partial charge in [0.05, 0.1) is 12.2 Å². The quantitative estimate of drug-likeness (QED) is 0.651. The number of aliphatic imine (C=N–C) groups is 1. The molecule has 2 N–H and O–H groups in total. The van der Waals surface area contributed by atoms with Crippen LogP contribution >= 0.6 is 11.3 Å². The Kier molecular flexibility index (Phi) is 4.96. The van der Waals surface area contributed by atoms with E-state index in [0.29, 0.717) is 12.6 Å². The number of guanidine groups is 1. The van der Waals surface area contributed by atoms with Crippen LogP contribution in [-0.4, -0.2) is 23.5 Å². The largest absolute Gasteiger partial charge is 0.357 e. The van der Waals surface area contributed by atoms with Gasteiger partial charge in [-0.25, -0.2) is 9.98 Å². The summed E-state index contributed by atoms with van der Waals surface area (Å²) in [6.07, 6.45) is 1.24. The van der Waals surface area contributed by atoms with Gasteiger partial charge in [-0.3, -0.25) is 0 Å². The summed E-state index contributed by atoms with van der Waals surface area (Å²) in [4.78, 5) is 10.7. The smallest absolute Gasteiger partial charge is 0.191 e. The van der Waals surface area contributed by atoms with Gasteiger partial charge in [-0.05, 0) is 26.2 Å². The molecule has 1 aliphatic rings. The highest BCUT2D eigenvalue weighted by molar-refractivity contribution is 7.15. The molecule has 0 amide bonds. The first kappa shape index (κ1) is 16.0. The standard InChI is InChI=1S/C18H24N4S/c1-4-19-18(22-15-10-12(15)2)20-11-16-13(3)21-17(23-16)14-8-6-5-7-9-14/h5-9,12,15H,4,10-11H2,1-3H3,(H2,19,20,22). The molecule has 1 saturated carbocycles. The molecule has 5 heteroatoms. The minimum atomic E-state index is 0.579. The van der Waals surface area contributed by atoms with Crippen molar-refractivity contribution >= 4 is 17.3 Å². The Morgan fingerprint density at radius 1 is 1.35 bits per heavy atom. The zero-order chi connectivity index (χ0) is 16.2. The topological polar surface area (TPSA) is 49.3 Å². The third-order valence-corrected chi connectivity index (χ3v) is 5.26. The highest BCUT2D eigenvalue weighted by Gasteiger charge is 2.33. The number of hydrogen-bond donors (Lipinski definition) is 2. The fourth-order valence-corrected chi connectivity index (χ4v) is 3.44. The van der Waals surface area contributed by atoms with Gasteiger partial charge in [-0.2, -0.15) is 0 Å². The molecular formula is C18H24N4S. The van der Waals surface area contributed by atoms with E-state index in [4.69, 9.17) is 9.98 Å². The zero-order valence-electron chi connectivity index (χ0n) is 14.0. The van der Waals surface area contributed by atoms with Crippen LogP contribution < -0.4 is 10.6 Å². The molecule has 0 spiro atoms. The van der Waals surface area contributed by atoms with Crippen molar-refractivity contribution in [2.75, 3.05) is 6.54 Å². The molecule has 1 aliphatic carbocycles. The van der Waals surface area contributed by atoms with Gasteiger partial charge < -0.3 is 10.6 Å². The lowest BCUT2D eigenvalue weighted by atomic mass is 10.2. The van der Waals surface area contributed by atoms with Crippen LogP contribution in [0.4, 0.5) is 0 Å². The molecule has 2 aromatic rings. The predicted molar refractivity (Wildman–Crippen MR) is 97.8 cm³/mol. The number of benzene rings is 1. The van der Waals surface area contributed by atoms with Crippen molar-refractivity contribution in [3.8, 4) is 10.6 Å².